The first-order valence-electron chi connectivity index (χ1n) is 15.0. The molecule has 0 unspecified atom stereocenters. The molecule has 0 saturated carbocycles. The lowest BCUT2D eigenvalue weighted by Gasteiger charge is -2.40. The molecule has 1 saturated heterocycles. The van der Waals surface area contributed by atoms with Gasteiger partial charge in [-0.1, -0.05) is 45.0 Å². The first kappa shape index (κ1) is 33.1. The third kappa shape index (κ3) is 9.02. The highest BCUT2D eigenvalue weighted by atomic mass is 16.5. The molecule has 1 fully saturated rings. The van der Waals surface area contributed by atoms with Crippen molar-refractivity contribution in [2.24, 2.45) is 10.4 Å². The number of carboxylic acids is 1. The molecule has 1 aliphatic heterocycles. The van der Waals surface area contributed by atoms with Crippen molar-refractivity contribution in [3.05, 3.63) is 76.3 Å². The van der Waals surface area contributed by atoms with Crippen molar-refractivity contribution in [1.82, 2.24) is 4.98 Å². The number of aliphatic imine (C=N–C) groups is 1. The Morgan fingerprint density at radius 1 is 1.17 bits per heavy atom. The van der Waals surface area contributed by atoms with Crippen LogP contribution in [0, 0.1) is 12.3 Å². The lowest BCUT2D eigenvalue weighted by molar-refractivity contribution is -0.160. The Morgan fingerprint density at radius 3 is 2.33 bits per heavy atom. The number of pyridine rings is 1. The van der Waals surface area contributed by atoms with Gasteiger partial charge in [0, 0.05) is 42.5 Å². The number of anilines is 1. The zero-order chi connectivity index (χ0) is 31.1. The van der Waals surface area contributed by atoms with E-state index in [1.165, 1.54) is 11.1 Å². The number of carboxylic acid groups (broad SMARTS) is 1. The van der Waals surface area contributed by atoms with E-state index in [4.69, 9.17) is 9.47 Å². The number of rotatable bonds is 12. The number of aryl methyl sites for hydroxylation is 2. The van der Waals surface area contributed by atoms with E-state index in [0.717, 1.165) is 55.8 Å². The van der Waals surface area contributed by atoms with Crippen molar-refractivity contribution in [3.63, 3.8) is 0 Å². The van der Waals surface area contributed by atoms with E-state index in [9.17, 15) is 9.90 Å². The van der Waals surface area contributed by atoms with E-state index in [0.29, 0.717) is 23.6 Å². The van der Waals surface area contributed by atoms with Crippen LogP contribution in [0.2, 0.25) is 0 Å². The van der Waals surface area contributed by atoms with Gasteiger partial charge in [0.1, 0.15) is 0 Å². The summed E-state index contributed by atoms with van der Waals surface area (Å²) in [6, 6.07) is 8.63. The Morgan fingerprint density at radius 2 is 1.79 bits per heavy atom. The Bertz CT molecular complexity index is 1290. The first-order valence-corrected chi connectivity index (χ1v) is 15.0. The maximum Gasteiger partial charge on any atom is 0.337 e. The van der Waals surface area contributed by atoms with E-state index < -0.39 is 17.7 Å². The third-order valence-corrected chi connectivity index (χ3v) is 7.75. The number of piperidine rings is 1. The Kier molecular flexibility index (Phi) is 11.1. The van der Waals surface area contributed by atoms with Gasteiger partial charge in [-0.3, -0.25) is 9.98 Å². The Hall–Kier alpha value is -3.45. The summed E-state index contributed by atoms with van der Waals surface area (Å²) in [6.45, 7) is 22.1. The monoisotopic (exact) mass is 575 g/mol. The largest absolute Gasteiger partial charge is 0.498 e. The summed E-state index contributed by atoms with van der Waals surface area (Å²) in [7, 11) is 0. The third-order valence-electron chi connectivity index (χ3n) is 7.75. The lowest BCUT2D eigenvalue weighted by atomic mass is 9.82. The van der Waals surface area contributed by atoms with Crippen LogP contribution in [0.4, 0.5) is 5.69 Å². The smallest absolute Gasteiger partial charge is 0.337 e. The number of nitrogens with zero attached hydrogens (tertiary/aromatic N) is 3. The maximum absolute atomic E-state index is 12.6. The van der Waals surface area contributed by atoms with Gasteiger partial charge in [-0.05, 0) is 89.3 Å². The van der Waals surface area contributed by atoms with Crippen LogP contribution in [0.25, 0.3) is 5.70 Å². The van der Waals surface area contributed by atoms with Crippen LogP contribution >= 0.6 is 0 Å². The summed E-state index contributed by atoms with van der Waals surface area (Å²) in [4.78, 5) is 23.9. The van der Waals surface area contributed by atoms with Crippen molar-refractivity contribution in [2.45, 2.75) is 92.8 Å². The molecule has 0 amide bonds. The highest BCUT2D eigenvalue weighted by Crippen LogP contribution is 2.42. The molecule has 0 aliphatic carbocycles. The topological polar surface area (TPSA) is 84.2 Å². The molecular formula is C35H49N3O4. The van der Waals surface area contributed by atoms with Gasteiger partial charge in [-0.15, -0.1) is 0 Å². The fraction of sp³-hybridized carbons (Fsp3) is 0.514. The molecule has 42 heavy (non-hydrogen) atoms. The molecule has 7 nitrogen and oxygen atoms in total. The number of hydrogen-bond donors (Lipinski definition) is 1. The Balaban J connectivity index is 1.98. The molecule has 3 rings (SSSR count). The van der Waals surface area contributed by atoms with Gasteiger partial charge < -0.3 is 19.5 Å². The van der Waals surface area contributed by atoms with Crippen LogP contribution in [-0.2, 0) is 27.1 Å². The van der Waals surface area contributed by atoms with Gasteiger partial charge >= 0.3 is 5.97 Å². The molecule has 1 atom stereocenters. The van der Waals surface area contributed by atoms with Crippen molar-refractivity contribution in [2.75, 3.05) is 24.6 Å². The molecule has 1 aromatic heterocycles. The molecule has 0 radical (unpaired) electrons. The number of ether oxygens (including phenoxy) is 2. The standard InChI is InChI=1S/C35H49N3O4/c1-10-26-12-14-27(15-13-26)17-22-41-24(2)11-16-29(36-9)28-23-37-25(3)30(32(33(39)40)42-34(4,5)6)31(28)38-20-18-35(7,8)19-21-38/h11-16,23,32H,9-10,17-22H2,1-8H3,(H,39,40)/b24-11+,29-16-/t32-/m0/s1. The van der Waals surface area contributed by atoms with Gasteiger partial charge in [-0.2, -0.15) is 0 Å². The molecule has 0 spiro atoms. The van der Waals surface area contributed by atoms with Crippen LogP contribution in [0.3, 0.4) is 0 Å². The van der Waals surface area contributed by atoms with Crippen molar-refractivity contribution < 1.29 is 19.4 Å². The van der Waals surface area contributed by atoms with Crippen LogP contribution in [0.15, 0.2) is 53.4 Å². The minimum absolute atomic E-state index is 0.220. The van der Waals surface area contributed by atoms with Crippen molar-refractivity contribution in [1.29, 1.82) is 0 Å². The average Bonchev–Trinajstić information content (AvgIpc) is 2.92. The SMILES string of the molecule is C=N/C(=C\C=C(/C)OCCc1ccc(CC)cc1)c1cnc(C)c([C@H](OC(C)(C)C)C(=O)O)c1N1CCC(C)(C)CC1. The minimum Gasteiger partial charge on any atom is -0.498 e. The number of carbonyl (C=O) groups is 1. The zero-order valence-electron chi connectivity index (χ0n) is 26.8. The molecule has 228 valence electrons. The van der Waals surface area contributed by atoms with E-state index in [2.05, 4.69) is 66.6 Å². The van der Waals surface area contributed by atoms with Gasteiger partial charge in [0.05, 0.1) is 29.4 Å². The normalized spacial score (nSPS) is 16.7. The fourth-order valence-corrected chi connectivity index (χ4v) is 5.12. The van der Waals surface area contributed by atoms with Gasteiger partial charge in [-0.25, -0.2) is 4.79 Å². The van der Waals surface area contributed by atoms with Gasteiger partial charge in [0.25, 0.3) is 0 Å². The summed E-state index contributed by atoms with van der Waals surface area (Å²) >= 11 is 0. The van der Waals surface area contributed by atoms with E-state index in [1.807, 2.05) is 46.8 Å². The second-order valence-corrected chi connectivity index (χ2v) is 12.9. The highest BCUT2D eigenvalue weighted by Gasteiger charge is 2.36. The highest BCUT2D eigenvalue weighted by molar-refractivity contribution is 5.85. The maximum atomic E-state index is 12.6. The number of hydrogen-bond acceptors (Lipinski definition) is 6. The predicted octanol–water partition coefficient (Wildman–Crippen LogP) is 7.72. The predicted molar refractivity (Wildman–Crippen MR) is 172 cm³/mol. The first-order chi connectivity index (χ1) is 19.7. The summed E-state index contributed by atoms with van der Waals surface area (Å²) in [5.74, 6) is -0.293. The molecule has 0 bridgehead atoms. The summed E-state index contributed by atoms with van der Waals surface area (Å²) in [5, 5.41) is 10.3. The fourth-order valence-electron chi connectivity index (χ4n) is 5.12. The zero-order valence-corrected chi connectivity index (χ0v) is 26.8. The van der Waals surface area contributed by atoms with Crippen LogP contribution in [0.1, 0.15) is 95.4 Å². The summed E-state index contributed by atoms with van der Waals surface area (Å²) < 4.78 is 12.1. The van der Waals surface area contributed by atoms with Crippen LogP contribution in [0.5, 0.6) is 0 Å². The second-order valence-electron chi connectivity index (χ2n) is 12.9. The van der Waals surface area contributed by atoms with E-state index >= 15 is 0 Å². The van der Waals surface area contributed by atoms with Crippen molar-refractivity contribution >= 4 is 24.1 Å². The molecule has 7 heteroatoms. The second kappa shape index (κ2) is 14.1. The van der Waals surface area contributed by atoms with Gasteiger partial charge in [0.15, 0.2) is 6.10 Å². The van der Waals surface area contributed by atoms with Gasteiger partial charge in [0.2, 0.25) is 0 Å². The minimum atomic E-state index is -1.18. The van der Waals surface area contributed by atoms with Crippen LogP contribution in [-0.4, -0.2) is 48.1 Å². The number of benzene rings is 1. The molecular weight excluding hydrogens is 526 g/mol. The lowest BCUT2D eigenvalue weighted by Crippen LogP contribution is -2.39. The quantitative estimate of drug-likeness (QED) is 0.158. The summed E-state index contributed by atoms with van der Waals surface area (Å²) in [5.41, 5.74) is 5.44. The number of allylic oxidation sites excluding steroid dienone is 3. The number of aliphatic carboxylic acids is 1. The molecule has 1 aromatic carbocycles. The van der Waals surface area contributed by atoms with E-state index in [-0.39, 0.29) is 5.41 Å². The molecule has 1 aliphatic rings. The average molecular weight is 576 g/mol. The molecule has 1 N–H and O–H groups in total. The summed E-state index contributed by atoms with van der Waals surface area (Å²) in [6.07, 6.45) is 8.16. The Labute approximate surface area is 252 Å². The van der Waals surface area contributed by atoms with Crippen LogP contribution < -0.4 is 4.90 Å². The number of aromatic nitrogens is 1. The van der Waals surface area contributed by atoms with Crippen molar-refractivity contribution in [3.8, 4) is 0 Å². The van der Waals surface area contributed by atoms with E-state index in [1.54, 1.807) is 6.20 Å². The molecule has 2 heterocycles. The molecule has 2 aromatic rings.